The van der Waals surface area contributed by atoms with E-state index in [0.717, 1.165) is 18.4 Å². The van der Waals surface area contributed by atoms with E-state index in [4.69, 9.17) is 0 Å². The van der Waals surface area contributed by atoms with E-state index in [1.54, 1.807) is 12.1 Å². The molecule has 0 aliphatic carbocycles. The summed E-state index contributed by atoms with van der Waals surface area (Å²) in [6.45, 7) is 0.520. The molecular weight excluding hydrogens is 260 g/mol. The number of benzene rings is 2. The number of anilines is 1. The highest BCUT2D eigenvalue weighted by molar-refractivity contribution is 6.06. The number of hydrogen-bond acceptors (Lipinski definition) is 1. The molecule has 1 heterocycles. The van der Waals surface area contributed by atoms with E-state index in [-0.39, 0.29) is 17.3 Å². The van der Waals surface area contributed by atoms with Crippen molar-refractivity contribution >= 4 is 11.6 Å². The largest absolute Gasteiger partial charge is 0.308 e. The first-order valence-corrected chi connectivity index (χ1v) is 6.51. The zero-order valence-electron chi connectivity index (χ0n) is 10.8. The Bertz CT molecular complexity index is 669. The van der Waals surface area contributed by atoms with Gasteiger partial charge >= 0.3 is 0 Å². The number of fused-ring (bicyclic) bond motifs is 1. The zero-order chi connectivity index (χ0) is 14.1. The maximum absolute atomic E-state index is 13.4. The van der Waals surface area contributed by atoms with Gasteiger partial charge in [-0.25, -0.2) is 8.78 Å². The van der Waals surface area contributed by atoms with Gasteiger partial charge in [-0.3, -0.25) is 4.79 Å². The molecule has 4 heteroatoms. The van der Waals surface area contributed by atoms with E-state index in [0.29, 0.717) is 12.2 Å². The second-order valence-electron chi connectivity index (χ2n) is 4.84. The molecule has 1 aliphatic heterocycles. The van der Waals surface area contributed by atoms with Gasteiger partial charge in [0.1, 0.15) is 11.6 Å². The molecule has 2 aromatic carbocycles. The van der Waals surface area contributed by atoms with Crippen molar-refractivity contribution in [3.8, 4) is 0 Å². The number of rotatable bonds is 1. The summed E-state index contributed by atoms with van der Waals surface area (Å²) in [6.07, 6.45) is 1.64. The third kappa shape index (κ3) is 2.29. The minimum atomic E-state index is -0.452. The number of carbonyl (C=O) groups is 1. The molecule has 0 fully saturated rings. The van der Waals surface area contributed by atoms with Crippen LogP contribution in [0.25, 0.3) is 0 Å². The van der Waals surface area contributed by atoms with Crippen molar-refractivity contribution < 1.29 is 13.6 Å². The van der Waals surface area contributed by atoms with E-state index in [1.807, 2.05) is 0 Å². The predicted octanol–water partition coefficient (Wildman–Crippen LogP) is 3.56. The predicted molar refractivity (Wildman–Crippen MR) is 72.8 cm³/mol. The lowest BCUT2D eigenvalue weighted by atomic mass is 10.0. The van der Waals surface area contributed by atoms with Crippen LogP contribution in [0.15, 0.2) is 42.5 Å². The van der Waals surface area contributed by atoms with Gasteiger partial charge in [-0.1, -0.05) is 12.1 Å². The molecule has 0 unspecified atom stereocenters. The highest BCUT2D eigenvalue weighted by atomic mass is 19.1. The molecule has 3 rings (SSSR count). The Hall–Kier alpha value is -2.23. The Morgan fingerprint density at radius 3 is 2.65 bits per heavy atom. The molecule has 0 radical (unpaired) electrons. The van der Waals surface area contributed by atoms with Gasteiger partial charge in [-0.05, 0) is 48.7 Å². The number of halogens is 2. The molecule has 0 atom stereocenters. The van der Waals surface area contributed by atoms with Crippen LogP contribution in [0.2, 0.25) is 0 Å². The highest BCUT2D eigenvalue weighted by Gasteiger charge is 2.24. The topological polar surface area (TPSA) is 20.3 Å². The van der Waals surface area contributed by atoms with Crippen molar-refractivity contribution in [1.29, 1.82) is 0 Å². The first-order valence-electron chi connectivity index (χ1n) is 6.51. The lowest BCUT2D eigenvalue weighted by molar-refractivity contribution is 0.0984. The molecule has 0 N–H and O–H groups in total. The summed E-state index contributed by atoms with van der Waals surface area (Å²) in [4.78, 5) is 14.0. The lowest BCUT2D eigenvalue weighted by Gasteiger charge is -2.29. The van der Waals surface area contributed by atoms with Crippen LogP contribution in [0, 0.1) is 11.6 Å². The molecule has 20 heavy (non-hydrogen) atoms. The molecule has 0 bridgehead atoms. The van der Waals surface area contributed by atoms with Gasteiger partial charge in [-0.15, -0.1) is 0 Å². The molecule has 0 spiro atoms. The van der Waals surface area contributed by atoms with E-state index in [2.05, 4.69) is 0 Å². The fourth-order valence-corrected chi connectivity index (χ4v) is 2.54. The van der Waals surface area contributed by atoms with E-state index >= 15 is 0 Å². The minimum absolute atomic E-state index is 0.280. The monoisotopic (exact) mass is 273 g/mol. The summed E-state index contributed by atoms with van der Waals surface area (Å²) >= 11 is 0. The maximum atomic E-state index is 13.4. The number of hydrogen-bond donors (Lipinski definition) is 0. The maximum Gasteiger partial charge on any atom is 0.258 e. The average molecular weight is 273 g/mol. The Balaban J connectivity index is 2.00. The number of carbonyl (C=O) groups excluding carboxylic acids is 1. The standard InChI is InChI=1S/C16H13F2NO/c17-13-5-1-3-12(9-13)16(20)19-8-2-4-11-6-7-14(18)10-15(11)19/h1,3,5-7,9-10H,2,4,8H2. The first kappa shape index (κ1) is 12.8. The van der Waals surface area contributed by atoms with Crippen LogP contribution in [-0.4, -0.2) is 12.5 Å². The van der Waals surface area contributed by atoms with E-state index < -0.39 is 5.82 Å². The van der Waals surface area contributed by atoms with E-state index in [9.17, 15) is 13.6 Å². The highest BCUT2D eigenvalue weighted by Crippen LogP contribution is 2.29. The van der Waals surface area contributed by atoms with Crippen LogP contribution in [0.1, 0.15) is 22.3 Å². The smallest absolute Gasteiger partial charge is 0.258 e. The molecule has 1 amide bonds. The van der Waals surface area contributed by atoms with Gasteiger partial charge in [0.25, 0.3) is 5.91 Å². The molecule has 2 nitrogen and oxygen atoms in total. The van der Waals surface area contributed by atoms with Crippen LogP contribution in [-0.2, 0) is 6.42 Å². The van der Waals surface area contributed by atoms with Crippen molar-refractivity contribution in [2.24, 2.45) is 0 Å². The molecule has 1 aliphatic rings. The number of aryl methyl sites for hydroxylation is 1. The quantitative estimate of drug-likeness (QED) is 0.778. The summed E-state index contributed by atoms with van der Waals surface area (Å²) in [5.74, 6) is -1.12. The fourth-order valence-electron chi connectivity index (χ4n) is 2.54. The first-order chi connectivity index (χ1) is 9.65. The van der Waals surface area contributed by atoms with Gasteiger partial charge in [-0.2, -0.15) is 0 Å². The molecule has 0 saturated carbocycles. The third-order valence-electron chi connectivity index (χ3n) is 3.48. The Morgan fingerprint density at radius 1 is 1.05 bits per heavy atom. The van der Waals surface area contributed by atoms with Gasteiger partial charge in [0.2, 0.25) is 0 Å². The molecular formula is C16H13F2NO. The molecule has 0 aromatic heterocycles. The summed E-state index contributed by atoms with van der Waals surface area (Å²) in [5.41, 5.74) is 1.81. The van der Waals surface area contributed by atoms with Gasteiger partial charge in [0.15, 0.2) is 0 Å². The summed E-state index contributed by atoms with van der Waals surface area (Å²) in [5, 5.41) is 0. The molecule has 102 valence electrons. The normalized spacial score (nSPS) is 14.0. The average Bonchev–Trinajstić information content (AvgIpc) is 2.46. The van der Waals surface area contributed by atoms with Crippen LogP contribution in [0.3, 0.4) is 0 Å². The molecule has 2 aromatic rings. The van der Waals surface area contributed by atoms with Crippen molar-refractivity contribution in [3.05, 3.63) is 65.2 Å². The van der Waals surface area contributed by atoms with Crippen molar-refractivity contribution in [3.63, 3.8) is 0 Å². The number of amides is 1. The van der Waals surface area contributed by atoms with Crippen molar-refractivity contribution in [2.75, 3.05) is 11.4 Å². The Morgan fingerprint density at radius 2 is 1.85 bits per heavy atom. The van der Waals surface area contributed by atoms with Crippen LogP contribution < -0.4 is 4.90 Å². The third-order valence-corrected chi connectivity index (χ3v) is 3.48. The van der Waals surface area contributed by atoms with Crippen LogP contribution in [0.4, 0.5) is 14.5 Å². The Labute approximate surface area is 115 Å². The Kier molecular flexibility index (Phi) is 3.22. The van der Waals surface area contributed by atoms with Gasteiger partial charge in [0.05, 0.1) is 5.69 Å². The van der Waals surface area contributed by atoms with Gasteiger partial charge < -0.3 is 4.90 Å². The van der Waals surface area contributed by atoms with Crippen molar-refractivity contribution in [2.45, 2.75) is 12.8 Å². The summed E-state index contributed by atoms with van der Waals surface area (Å²) in [7, 11) is 0. The minimum Gasteiger partial charge on any atom is -0.308 e. The van der Waals surface area contributed by atoms with Crippen LogP contribution >= 0.6 is 0 Å². The summed E-state index contributed by atoms with van der Waals surface area (Å²) < 4.78 is 26.6. The number of nitrogens with zero attached hydrogens (tertiary/aromatic N) is 1. The van der Waals surface area contributed by atoms with Crippen molar-refractivity contribution in [1.82, 2.24) is 0 Å². The van der Waals surface area contributed by atoms with E-state index in [1.165, 1.54) is 35.2 Å². The second kappa shape index (κ2) is 5.04. The van der Waals surface area contributed by atoms with Gasteiger partial charge in [0, 0.05) is 12.1 Å². The summed E-state index contributed by atoms with van der Waals surface area (Å²) in [6, 6.07) is 10.0. The lowest BCUT2D eigenvalue weighted by Crippen LogP contribution is -2.35. The zero-order valence-corrected chi connectivity index (χ0v) is 10.8. The van der Waals surface area contributed by atoms with Crippen LogP contribution in [0.5, 0.6) is 0 Å². The fraction of sp³-hybridized carbons (Fsp3) is 0.188. The molecule has 0 saturated heterocycles. The second-order valence-corrected chi connectivity index (χ2v) is 4.84. The SMILES string of the molecule is O=C(c1cccc(F)c1)N1CCCc2ccc(F)cc21.